The average Bonchev–Trinajstić information content (AvgIpc) is 3.25. The van der Waals surface area contributed by atoms with Crippen LogP contribution in [0, 0.1) is 11.6 Å². The summed E-state index contributed by atoms with van der Waals surface area (Å²) in [4.78, 5) is 6.67. The van der Waals surface area contributed by atoms with Crippen LogP contribution in [0.4, 0.5) is 33.6 Å². The summed E-state index contributed by atoms with van der Waals surface area (Å²) in [7, 11) is 1.56. The Kier molecular flexibility index (Phi) is 6.36. The number of benzene rings is 2. The number of nitrogens with zero attached hydrogens (tertiary/aromatic N) is 4. The first-order chi connectivity index (χ1) is 17.7. The van der Waals surface area contributed by atoms with Crippen molar-refractivity contribution in [2.45, 2.75) is 18.6 Å². The van der Waals surface area contributed by atoms with Crippen molar-refractivity contribution < 1.29 is 27.1 Å². The molecule has 1 atom stereocenters. The molecule has 0 spiro atoms. The van der Waals surface area contributed by atoms with Crippen LogP contribution < -0.4 is 15.5 Å². The Labute approximate surface area is 208 Å². The number of pyridine rings is 1. The third-order valence-electron chi connectivity index (χ3n) is 6.44. The zero-order chi connectivity index (χ0) is 26.3. The molecule has 12 heteroatoms. The van der Waals surface area contributed by atoms with Crippen molar-refractivity contribution in [1.82, 2.24) is 20.1 Å². The van der Waals surface area contributed by atoms with E-state index in [-0.39, 0.29) is 23.4 Å². The number of aromatic nitrogens is 3. The van der Waals surface area contributed by atoms with Crippen LogP contribution in [0.2, 0.25) is 0 Å². The second-order valence-corrected chi connectivity index (χ2v) is 8.73. The van der Waals surface area contributed by atoms with Gasteiger partial charge in [0.05, 0.1) is 17.3 Å². The number of phenols is 1. The lowest BCUT2D eigenvalue weighted by Crippen LogP contribution is -2.52. The van der Waals surface area contributed by atoms with E-state index >= 15 is 0 Å². The van der Waals surface area contributed by atoms with Crippen molar-refractivity contribution in [2.24, 2.45) is 0 Å². The highest BCUT2D eigenvalue weighted by molar-refractivity contribution is 5.92. The van der Waals surface area contributed by atoms with Gasteiger partial charge >= 0.3 is 6.18 Å². The van der Waals surface area contributed by atoms with Gasteiger partial charge in [0, 0.05) is 38.1 Å². The van der Waals surface area contributed by atoms with Gasteiger partial charge in [-0.05, 0) is 24.1 Å². The summed E-state index contributed by atoms with van der Waals surface area (Å²) in [5.74, 6) is -4.49. The van der Waals surface area contributed by atoms with Gasteiger partial charge in [-0.2, -0.15) is 13.2 Å². The molecule has 0 radical (unpaired) electrons. The van der Waals surface area contributed by atoms with Gasteiger partial charge in [0.2, 0.25) is 0 Å². The van der Waals surface area contributed by atoms with Crippen LogP contribution in [0.1, 0.15) is 11.1 Å². The zero-order valence-corrected chi connectivity index (χ0v) is 19.7. The number of alkyl halides is 3. The number of hydrogen-bond donors (Lipinski definition) is 3. The minimum absolute atomic E-state index is 0.0926. The van der Waals surface area contributed by atoms with Gasteiger partial charge in [-0.25, -0.2) is 18.4 Å². The van der Waals surface area contributed by atoms with Crippen LogP contribution in [-0.2, 0) is 12.6 Å². The van der Waals surface area contributed by atoms with Crippen molar-refractivity contribution in [3.63, 3.8) is 0 Å². The number of halogens is 5. The predicted octanol–water partition coefficient (Wildman–Crippen LogP) is 4.49. The summed E-state index contributed by atoms with van der Waals surface area (Å²) in [6, 6.07) is 12.1. The van der Waals surface area contributed by atoms with E-state index in [4.69, 9.17) is 0 Å². The molecule has 1 aliphatic heterocycles. The highest BCUT2D eigenvalue weighted by atomic mass is 19.4. The number of fused-ring (bicyclic) bond motifs is 1. The molecule has 1 aliphatic rings. The molecule has 0 bridgehead atoms. The van der Waals surface area contributed by atoms with E-state index in [0.717, 1.165) is 29.8 Å². The fourth-order valence-electron chi connectivity index (χ4n) is 4.63. The van der Waals surface area contributed by atoms with E-state index < -0.39 is 34.8 Å². The van der Waals surface area contributed by atoms with Crippen molar-refractivity contribution in [3.8, 4) is 11.4 Å². The first-order valence-corrected chi connectivity index (χ1v) is 11.6. The summed E-state index contributed by atoms with van der Waals surface area (Å²) < 4.78 is 69.8. The lowest BCUT2D eigenvalue weighted by Gasteiger charge is -2.37. The maximum absolute atomic E-state index is 14.8. The van der Waals surface area contributed by atoms with Gasteiger partial charge in [-0.3, -0.25) is 0 Å². The fraction of sp³-hybridized carbons (Fsp3) is 0.280. The highest BCUT2D eigenvalue weighted by Gasteiger charge is 2.38. The van der Waals surface area contributed by atoms with Crippen LogP contribution in [0.3, 0.4) is 0 Å². The number of anilines is 2. The van der Waals surface area contributed by atoms with Crippen molar-refractivity contribution in [1.29, 1.82) is 0 Å². The first-order valence-electron chi connectivity index (χ1n) is 11.6. The Morgan fingerprint density at radius 3 is 2.59 bits per heavy atom. The molecule has 2 aromatic heterocycles. The smallest absolute Gasteiger partial charge is 0.419 e. The monoisotopic (exact) mass is 518 g/mol. The molecule has 1 fully saturated rings. The van der Waals surface area contributed by atoms with Crippen LogP contribution in [0.25, 0.3) is 16.6 Å². The third kappa shape index (κ3) is 4.52. The maximum atomic E-state index is 14.8. The molecule has 7 nitrogen and oxygen atoms in total. The number of aromatic hydroxyl groups is 1. The largest absolute Gasteiger partial charge is 0.503 e. The van der Waals surface area contributed by atoms with Gasteiger partial charge in [0.1, 0.15) is 11.5 Å². The summed E-state index contributed by atoms with van der Waals surface area (Å²) in [5, 5.41) is 20.7. The van der Waals surface area contributed by atoms with Crippen LogP contribution in [-0.4, -0.2) is 52.6 Å². The Bertz CT molecular complexity index is 1440. The topological polar surface area (TPSA) is 78.2 Å². The Hall–Kier alpha value is -3.93. The van der Waals surface area contributed by atoms with Crippen LogP contribution in [0.15, 0.2) is 48.7 Å². The lowest BCUT2D eigenvalue weighted by molar-refractivity contribution is -0.140. The molecule has 3 N–H and O–H groups in total. The van der Waals surface area contributed by atoms with Gasteiger partial charge < -0.3 is 20.6 Å². The van der Waals surface area contributed by atoms with E-state index in [1.54, 1.807) is 13.1 Å². The van der Waals surface area contributed by atoms with E-state index in [1.807, 2.05) is 18.2 Å². The van der Waals surface area contributed by atoms with Crippen molar-refractivity contribution in [2.75, 3.05) is 36.9 Å². The molecular weight excluding hydrogens is 495 g/mol. The molecule has 0 unspecified atom stereocenters. The normalized spacial score (nSPS) is 16.4. The third-order valence-corrected chi connectivity index (χ3v) is 6.44. The van der Waals surface area contributed by atoms with Crippen LogP contribution >= 0.6 is 0 Å². The number of phenolic OH excluding ortho intramolecular Hbond substituents is 1. The van der Waals surface area contributed by atoms with Gasteiger partial charge in [-0.1, -0.05) is 30.3 Å². The first kappa shape index (κ1) is 24.8. The standard InChI is InChI=1S/C25H23F5N6O/c1-31-24-16-10-20(35-8-7-32-12-15(35)9-14-5-3-2-4-6-14)33-13-19(16)36(34-24)18-11-17(25(28,29)30)21(26)23(37)22(18)27/h2-6,10-11,13,15,32,37H,7-9,12H2,1H3,(H,31,34)/t15-/m1/s1. The SMILES string of the molecule is CNc1nn(-c2cc(C(F)(F)F)c(F)c(O)c2F)c2cnc(N3CCNC[C@H]3Cc3ccccc3)cc12. The highest BCUT2D eigenvalue weighted by Crippen LogP contribution is 2.39. The van der Waals surface area contributed by atoms with Gasteiger partial charge in [0.15, 0.2) is 23.2 Å². The molecule has 0 aliphatic carbocycles. The molecule has 37 heavy (non-hydrogen) atoms. The second kappa shape index (κ2) is 9.51. The molecule has 4 aromatic rings. The van der Waals surface area contributed by atoms with Crippen molar-refractivity contribution in [3.05, 3.63) is 71.4 Å². The fourth-order valence-corrected chi connectivity index (χ4v) is 4.63. The van der Waals surface area contributed by atoms with Gasteiger partial charge in [0.25, 0.3) is 0 Å². The Morgan fingerprint density at radius 1 is 1.14 bits per heavy atom. The number of nitrogens with one attached hydrogen (secondary N) is 2. The molecule has 1 saturated heterocycles. The summed E-state index contributed by atoms with van der Waals surface area (Å²) in [5.41, 5.74) is -1.21. The molecule has 0 amide bonds. The zero-order valence-electron chi connectivity index (χ0n) is 19.7. The quantitative estimate of drug-likeness (QED) is 0.338. The lowest BCUT2D eigenvalue weighted by atomic mass is 10.0. The van der Waals surface area contributed by atoms with E-state index in [0.29, 0.717) is 17.7 Å². The van der Waals surface area contributed by atoms with Gasteiger partial charge in [-0.15, -0.1) is 5.10 Å². The number of rotatable bonds is 5. The minimum Gasteiger partial charge on any atom is -0.503 e. The predicted molar refractivity (Wildman–Crippen MR) is 129 cm³/mol. The molecule has 5 rings (SSSR count). The van der Waals surface area contributed by atoms with E-state index in [9.17, 15) is 27.1 Å². The minimum atomic E-state index is -5.15. The maximum Gasteiger partial charge on any atom is 0.419 e. The summed E-state index contributed by atoms with van der Waals surface area (Å²) in [6.45, 7) is 2.14. The molecule has 0 saturated carbocycles. The summed E-state index contributed by atoms with van der Waals surface area (Å²) in [6.07, 6.45) is -3.00. The molecule has 194 valence electrons. The second-order valence-electron chi connectivity index (χ2n) is 8.73. The Morgan fingerprint density at radius 2 is 1.89 bits per heavy atom. The van der Waals surface area contributed by atoms with E-state index in [1.165, 1.54) is 6.20 Å². The number of piperazine rings is 1. The summed E-state index contributed by atoms with van der Waals surface area (Å²) >= 11 is 0. The average molecular weight is 518 g/mol. The number of hydrogen-bond acceptors (Lipinski definition) is 6. The molecule has 2 aromatic carbocycles. The van der Waals surface area contributed by atoms with Crippen LogP contribution in [0.5, 0.6) is 5.75 Å². The Balaban J connectivity index is 1.59. The van der Waals surface area contributed by atoms with E-state index in [2.05, 4.69) is 37.7 Å². The molecule has 3 heterocycles. The van der Waals surface area contributed by atoms with Crippen molar-refractivity contribution >= 4 is 22.5 Å². The molecular formula is C25H23F5N6O.